The molecule has 20 heavy (non-hydrogen) atoms. The number of carbonyl (C=O) groups excluding carboxylic acids is 1. The van der Waals surface area contributed by atoms with Crippen molar-refractivity contribution in [3.8, 4) is 0 Å². The highest BCUT2D eigenvalue weighted by Crippen LogP contribution is 2.19. The third-order valence-electron chi connectivity index (χ3n) is 2.83. The Morgan fingerprint density at radius 2 is 2.25 bits per heavy atom. The van der Waals surface area contributed by atoms with Crippen LogP contribution in [0.15, 0.2) is 23.8 Å². The van der Waals surface area contributed by atoms with E-state index < -0.39 is 0 Å². The monoisotopic (exact) mass is 292 g/mol. The maximum absolute atomic E-state index is 12.0. The van der Waals surface area contributed by atoms with E-state index >= 15 is 0 Å². The Morgan fingerprint density at radius 1 is 1.45 bits per heavy atom. The highest BCUT2D eigenvalue weighted by atomic mass is 32.1. The van der Waals surface area contributed by atoms with E-state index in [2.05, 4.69) is 29.2 Å². The fourth-order valence-corrected chi connectivity index (χ4v) is 2.73. The summed E-state index contributed by atoms with van der Waals surface area (Å²) >= 11 is 1.62. The summed E-state index contributed by atoms with van der Waals surface area (Å²) in [5.74, 6) is 0.417. The average Bonchev–Trinajstić information content (AvgIpc) is 2.99. The number of thiazole rings is 1. The van der Waals surface area contributed by atoms with Crippen molar-refractivity contribution in [2.45, 2.75) is 45.7 Å². The van der Waals surface area contributed by atoms with E-state index in [9.17, 15) is 4.79 Å². The lowest BCUT2D eigenvalue weighted by Gasteiger charge is -2.13. The van der Waals surface area contributed by atoms with Gasteiger partial charge in [-0.2, -0.15) is 5.10 Å². The van der Waals surface area contributed by atoms with Crippen molar-refractivity contribution < 1.29 is 4.79 Å². The van der Waals surface area contributed by atoms with Crippen LogP contribution in [0, 0.1) is 0 Å². The summed E-state index contributed by atoms with van der Waals surface area (Å²) in [4.78, 5) is 16.4. The minimum absolute atomic E-state index is 0.00487. The predicted octanol–water partition coefficient (Wildman–Crippen LogP) is 2.21. The van der Waals surface area contributed by atoms with Gasteiger partial charge in [0.25, 0.3) is 0 Å². The van der Waals surface area contributed by atoms with Crippen LogP contribution >= 0.6 is 11.3 Å². The quantitative estimate of drug-likeness (QED) is 0.888. The molecule has 0 radical (unpaired) electrons. The van der Waals surface area contributed by atoms with Gasteiger partial charge in [-0.15, -0.1) is 11.3 Å². The first-order valence-electron chi connectivity index (χ1n) is 6.75. The molecule has 0 fully saturated rings. The van der Waals surface area contributed by atoms with Crippen molar-refractivity contribution in [3.05, 3.63) is 34.5 Å². The largest absolute Gasteiger partial charge is 0.351 e. The molecule has 0 saturated carbocycles. The topological polar surface area (TPSA) is 59.8 Å². The highest BCUT2D eigenvalue weighted by molar-refractivity contribution is 7.09. The molecular weight excluding hydrogens is 272 g/mol. The zero-order chi connectivity index (χ0) is 14.5. The van der Waals surface area contributed by atoms with Crippen LogP contribution in [0.25, 0.3) is 0 Å². The van der Waals surface area contributed by atoms with Crippen molar-refractivity contribution in [3.63, 3.8) is 0 Å². The molecule has 0 spiro atoms. The standard InChI is InChI=1S/C14H20N4OS/c1-10(2)14-17-12(9-20-14)7-13(19)16-11(3)8-18-6-4-5-15-18/h4-6,9-11H,7-8H2,1-3H3,(H,16,19)/t11-/m0/s1. The van der Waals surface area contributed by atoms with Crippen molar-refractivity contribution >= 4 is 17.2 Å². The van der Waals surface area contributed by atoms with Crippen LogP contribution in [0.1, 0.15) is 37.4 Å². The second-order valence-corrected chi connectivity index (χ2v) is 6.09. The fourth-order valence-electron chi connectivity index (χ4n) is 1.89. The first-order chi connectivity index (χ1) is 9.54. The first-order valence-corrected chi connectivity index (χ1v) is 7.63. The van der Waals surface area contributed by atoms with Crippen molar-refractivity contribution in [1.82, 2.24) is 20.1 Å². The third-order valence-corrected chi connectivity index (χ3v) is 4.03. The second-order valence-electron chi connectivity index (χ2n) is 5.21. The lowest BCUT2D eigenvalue weighted by atomic mass is 10.2. The predicted molar refractivity (Wildman–Crippen MR) is 79.7 cm³/mol. The van der Waals surface area contributed by atoms with Crippen molar-refractivity contribution in [2.75, 3.05) is 0 Å². The number of aromatic nitrogens is 3. The molecule has 0 aliphatic rings. The minimum atomic E-state index is 0.00487. The smallest absolute Gasteiger partial charge is 0.226 e. The molecular formula is C14H20N4OS. The van der Waals surface area contributed by atoms with Crippen LogP contribution in [0.3, 0.4) is 0 Å². The zero-order valence-electron chi connectivity index (χ0n) is 12.0. The molecule has 0 aliphatic carbocycles. The summed E-state index contributed by atoms with van der Waals surface area (Å²) in [6, 6.07) is 1.92. The van der Waals surface area contributed by atoms with Crippen LogP contribution < -0.4 is 5.32 Å². The van der Waals surface area contributed by atoms with E-state index in [0.29, 0.717) is 18.9 Å². The molecule has 2 heterocycles. The van der Waals surface area contributed by atoms with E-state index in [0.717, 1.165) is 10.7 Å². The van der Waals surface area contributed by atoms with Gasteiger partial charge in [-0.25, -0.2) is 4.98 Å². The highest BCUT2D eigenvalue weighted by Gasteiger charge is 2.12. The van der Waals surface area contributed by atoms with Gasteiger partial charge in [0.15, 0.2) is 0 Å². The van der Waals surface area contributed by atoms with Gasteiger partial charge in [-0.1, -0.05) is 13.8 Å². The Morgan fingerprint density at radius 3 is 2.85 bits per heavy atom. The van der Waals surface area contributed by atoms with E-state index in [-0.39, 0.29) is 11.9 Å². The van der Waals surface area contributed by atoms with Crippen LogP contribution in [0.4, 0.5) is 0 Å². The zero-order valence-corrected chi connectivity index (χ0v) is 12.9. The third kappa shape index (κ3) is 4.16. The number of rotatable bonds is 6. The molecule has 2 aromatic heterocycles. The number of carbonyl (C=O) groups is 1. The molecule has 0 aromatic carbocycles. The molecule has 0 aliphatic heterocycles. The fraction of sp³-hybridized carbons (Fsp3) is 0.500. The lowest BCUT2D eigenvalue weighted by molar-refractivity contribution is -0.121. The van der Waals surface area contributed by atoms with Gasteiger partial charge in [-0.3, -0.25) is 9.48 Å². The van der Waals surface area contributed by atoms with E-state index in [1.807, 2.05) is 29.2 Å². The SMILES string of the molecule is CC(C)c1nc(CC(=O)N[C@@H](C)Cn2cccn2)cs1. The van der Waals surface area contributed by atoms with E-state index in [1.54, 1.807) is 17.5 Å². The Labute approximate surface area is 123 Å². The Bertz CT molecular complexity index is 547. The van der Waals surface area contributed by atoms with Crippen molar-refractivity contribution in [1.29, 1.82) is 0 Å². The molecule has 1 amide bonds. The van der Waals surface area contributed by atoms with E-state index in [4.69, 9.17) is 0 Å². The first kappa shape index (κ1) is 14.7. The molecule has 0 unspecified atom stereocenters. The van der Waals surface area contributed by atoms with Crippen LogP contribution in [0.5, 0.6) is 0 Å². The van der Waals surface area contributed by atoms with Crippen LogP contribution in [-0.2, 0) is 17.8 Å². The van der Waals surface area contributed by atoms with Crippen molar-refractivity contribution in [2.24, 2.45) is 0 Å². The Hall–Kier alpha value is -1.69. The van der Waals surface area contributed by atoms with Gasteiger partial charge in [0, 0.05) is 29.7 Å². The van der Waals surface area contributed by atoms with Gasteiger partial charge in [-0.05, 0) is 13.0 Å². The normalized spacial score (nSPS) is 12.6. The molecule has 2 aromatic rings. The van der Waals surface area contributed by atoms with Gasteiger partial charge >= 0.3 is 0 Å². The molecule has 6 heteroatoms. The summed E-state index contributed by atoms with van der Waals surface area (Å²) in [5, 5.41) is 10.1. The summed E-state index contributed by atoms with van der Waals surface area (Å²) in [5.41, 5.74) is 0.850. The molecule has 1 N–H and O–H groups in total. The summed E-state index contributed by atoms with van der Waals surface area (Å²) < 4.78 is 1.81. The molecule has 1 atom stereocenters. The molecule has 0 saturated heterocycles. The van der Waals surface area contributed by atoms with Gasteiger partial charge in [0.2, 0.25) is 5.91 Å². The van der Waals surface area contributed by atoms with Crippen LogP contribution in [-0.4, -0.2) is 26.7 Å². The van der Waals surface area contributed by atoms with Gasteiger partial charge in [0.1, 0.15) is 0 Å². The van der Waals surface area contributed by atoms with Gasteiger partial charge in [0.05, 0.1) is 23.7 Å². The molecule has 2 rings (SSSR count). The van der Waals surface area contributed by atoms with Gasteiger partial charge < -0.3 is 5.32 Å². The summed E-state index contributed by atoms with van der Waals surface area (Å²) in [6.07, 6.45) is 3.96. The van der Waals surface area contributed by atoms with E-state index in [1.165, 1.54) is 0 Å². The summed E-state index contributed by atoms with van der Waals surface area (Å²) in [7, 11) is 0. The minimum Gasteiger partial charge on any atom is -0.351 e. The number of nitrogens with one attached hydrogen (secondary N) is 1. The number of amides is 1. The number of nitrogens with zero attached hydrogens (tertiary/aromatic N) is 3. The number of hydrogen-bond acceptors (Lipinski definition) is 4. The lowest BCUT2D eigenvalue weighted by Crippen LogP contribution is -2.36. The Balaban J connectivity index is 1.82. The van der Waals surface area contributed by atoms with Crippen LogP contribution in [0.2, 0.25) is 0 Å². The Kier molecular flexibility index (Phi) is 4.89. The molecule has 5 nitrogen and oxygen atoms in total. The summed E-state index contributed by atoms with van der Waals surface area (Å²) in [6.45, 7) is 6.86. The number of hydrogen-bond donors (Lipinski definition) is 1. The maximum Gasteiger partial charge on any atom is 0.226 e. The maximum atomic E-state index is 12.0. The molecule has 0 bridgehead atoms. The second kappa shape index (κ2) is 6.65. The molecule has 108 valence electrons. The average molecular weight is 292 g/mol.